The minimum absolute atomic E-state index is 0.0369. The molecule has 2 heterocycles. The Morgan fingerprint density at radius 2 is 2.04 bits per heavy atom. The Morgan fingerprint density at radius 3 is 2.71 bits per heavy atom. The molecule has 0 saturated heterocycles. The summed E-state index contributed by atoms with van der Waals surface area (Å²) in [5.74, 6) is 0.425. The first-order valence-corrected chi connectivity index (χ1v) is 8.29. The zero-order valence-electron chi connectivity index (χ0n) is 13.1. The van der Waals surface area contributed by atoms with Gasteiger partial charge in [0.15, 0.2) is 10.8 Å². The predicted octanol–water partition coefficient (Wildman–Crippen LogP) is 1.70. The molecule has 24 heavy (non-hydrogen) atoms. The number of amides is 1. The van der Waals surface area contributed by atoms with E-state index in [1.54, 1.807) is 6.92 Å². The quantitative estimate of drug-likeness (QED) is 0.632. The molecule has 3 N–H and O–H groups in total. The van der Waals surface area contributed by atoms with Crippen LogP contribution in [0.1, 0.15) is 26.5 Å². The van der Waals surface area contributed by atoms with E-state index in [4.69, 9.17) is 5.11 Å². The molecule has 0 unspecified atom stereocenters. The normalized spacial score (nSPS) is 10.8. The van der Waals surface area contributed by atoms with Crippen LogP contribution in [0.5, 0.6) is 0 Å². The molecule has 8 heteroatoms. The number of aryl methyl sites for hydroxylation is 1. The van der Waals surface area contributed by atoms with Gasteiger partial charge in [-0.25, -0.2) is 9.97 Å². The van der Waals surface area contributed by atoms with Crippen molar-refractivity contribution in [2.45, 2.75) is 20.0 Å². The Kier molecular flexibility index (Phi) is 4.97. The van der Waals surface area contributed by atoms with Gasteiger partial charge in [-0.3, -0.25) is 9.89 Å². The van der Waals surface area contributed by atoms with Crippen LogP contribution in [-0.4, -0.2) is 37.7 Å². The van der Waals surface area contributed by atoms with E-state index in [0.717, 1.165) is 17.5 Å². The van der Waals surface area contributed by atoms with Crippen LogP contribution in [0.15, 0.2) is 30.6 Å². The fourth-order valence-corrected chi connectivity index (χ4v) is 3.16. The fraction of sp³-hybridized carbons (Fsp3) is 0.250. The molecule has 0 radical (unpaired) electrons. The van der Waals surface area contributed by atoms with Crippen LogP contribution >= 0.6 is 11.3 Å². The van der Waals surface area contributed by atoms with E-state index in [-0.39, 0.29) is 12.5 Å². The average Bonchev–Trinajstić information content (AvgIpc) is 3.25. The molecule has 2 aromatic heterocycles. The van der Waals surface area contributed by atoms with Crippen LogP contribution in [0, 0.1) is 6.92 Å². The summed E-state index contributed by atoms with van der Waals surface area (Å²) in [6.07, 6.45) is 2.14. The van der Waals surface area contributed by atoms with Crippen molar-refractivity contribution in [1.29, 1.82) is 0 Å². The second-order valence-electron chi connectivity index (χ2n) is 5.25. The van der Waals surface area contributed by atoms with Crippen molar-refractivity contribution >= 4 is 17.2 Å². The summed E-state index contributed by atoms with van der Waals surface area (Å²) in [6.45, 7) is 2.38. The fourth-order valence-electron chi connectivity index (χ4n) is 2.23. The molecule has 1 amide bonds. The number of H-pyrrole nitrogens is 1. The van der Waals surface area contributed by atoms with Gasteiger partial charge in [0, 0.05) is 6.54 Å². The maximum atomic E-state index is 12.3. The Labute approximate surface area is 142 Å². The van der Waals surface area contributed by atoms with Gasteiger partial charge in [0.25, 0.3) is 5.91 Å². The Morgan fingerprint density at radius 1 is 1.29 bits per heavy atom. The van der Waals surface area contributed by atoms with Crippen LogP contribution in [0.25, 0.3) is 10.8 Å². The van der Waals surface area contributed by atoms with Crippen LogP contribution < -0.4 is 5.32 Å². The van der Waals surface area contributed by atoms with Gasteiger partial charge in [0.05, 0.1) is 12.3 Å². The van der Waals surface area contributed by atoms with Gasteiger partial charge >= 0.3 is 0 Å². The van der Waals surface area contributed by atoms with Crippen LogP contribution in [0.2, 0.25) is 0 Å². The van der Waals surface area contributed by atoms with E-state index in [9.17, 15) is 4.79 Å². The van der Waals surface area contributed by atoms with Crippen molar-refractivity contribution in [2.75, 3.05) is 6.54 Å². The highest BCUT2D eigenvalue weighted by Gasteiger charge is 2.17. The lowest BCUT2D eigenvalue weighted by molar-refractivity contribution is 0.0957. The number of thiazole rings is 1. The molecule has 0 aliphatic carbocycles. The van der Waals surface area contributed by atoms with Gasteiger partial charge in [-0.15, -0.1) is 11.3 Å². The van der Waals surface area contributed by atoms with Gasteiger partial charge < -0.3 is 10.4 Å². The number of benzene rings is 1. The Hall–Kier alpha value is -2.58. The maximum absolute atomic E-state index is 12.3. The monoisotopic (exact) mass is 343 g/mol. The van der Waals surface area contributed by atoms with E-state index in [1.807, 2.05) is 24.3 Å². The second-order valence-corrected chi connectivity index (χ2v) is 6.25. The number of aromatic amines is 1. The average molecular weight is 343 g/mol. The number of hydrogen-bond acceptors (Lipinski definition) is 6. The zero-order chi connectivity index (χ0) is 16.9. The first-order chi connectivity index (χ1) is 11.7. The molecule has 3 aromatic rings. The smallest absolute Gasteiger partial charge is 0.263 e. The molecule has 0 atom stereocenters. The molecule has 0 aliphatic heterocycles. The summed E-state index contributed by atoms with van der Waals surface area (Å²) in [4.78, 5) is 21.3. The Balaban J connectivity index is 1.58. The van der Waals surface area contributed by atoms with Gasteiger partial charge in [0.2, 0.25) is 0 Å². The van der Waals surface area contributed by atoms with Crippen LogP contribution in [0.3, 0.4) is 0 Å². The van der Waals surface area contributed by atoms with Gasteiger partial charge in [-0.2, -0.15) is 5.10 Å². The van der Waals surface area contributed by atoms with E-state index in [2.05, 4.69) is 25.5 Å². The molecule has 0 saturated carbocycles. The van der Waals surface area contributed by atoms with Gasteiger partial charge in [0.1, 0.15) is 11.2 Å². The molecule has 1 aromatic carbocycles. The number of aliphatic hydroxyl groups excluding tert-OH is 1. The largest absolute Gasteiger partial charge is 0.392 e. The van der Waals surface area contributed by atoms with Crippen molar-refractivity contribution in [1.82, 2.24) is 25.5 Å². The third kappa shape index (κ3) is 3.66. The number of nitrogens with zero attached hydrogens (tertiary/aromatic N) is 3. The molecular weight excluding hydrogens is 326 g/mol. The Bertz CT molecular complexity index is 812. The number of carbonyl (C=O) groups is 1. The summed E-state index contributed by atoms with van der Waals surface area (Å²) in [5.41, 5.74) is 2.66. The lowest BCUT2D eigenvalue weighted by atomic mass is 10.1. The van der Waals surface area contributed by atoms with E-state index < -0.39 is 0 Å². The first-order valence-electron chi connectivity index (χ1n) is 7.47. The summed E-state index contributed by atoms with van der Waals surface area (Å²) in [7, 11) is 0. The molecule has 0 fully saturated rings. The van der Waals surface area contributed by atoms with Crippen LogP contribution in [-0.2, 0) is 13.0 Å². The summed E-state index contributed by atoms with van der Waals surface area (Å²) in [6, 6.07) is 7.68. The highest BCUT2D eigenvalue weighted by atomic mass is 32.1. The van der Waals surface area contributed by atoms with Crippen molar-refractivity contribution in [3.63, 3.8) is 0 Å². The summed E-state index contributed by atoms with van der Waals surface area (Å²) < 4.78 is 0. The highest BCUT2D eigenvalue weighted by Crippen LogP contribution is 2.24. The molecule has 0 aliphatic rings. The van der Waals surface area contributed by atoms with Crippen molar-refractivity contribution in [3.8, 4) is 10.8 Å². The molecular formula is C16H17N5O2S. The molecule has 124 valence electrons. The van der Waals surface area contributed by atoms with Crippen molar-refractivity contribution in [2.24, 2.45) is 0 Å². The second kappa shape index (κ2) is 7.33. The highest BCUT2D eigenvalue weighted by molar-refractivity contribution is 7.17. The van der Waals surface area contributed by atoms with E-state index in [0.29, 0.717) is 27.9 Å². The van der Waals surface area contributed by atoms with Crippen molar-refractivity contribution in [3.05, 3.63) is 52.3 Å². The third-order valence-electron chi connectivity index (χ3n) is 3.53. The summed E-state index contributed by atoms with van der Waals surface area (Å²) >= 11 is 1.29. The lowest BCUT2D eigenvalue weighted by Gasteiger charge is -2.05. The number of carbonyl (C=O) groups excluding carboxylic acids is 1. The van der Waals surface area contributed by atoms with E-state index >= 15 is 0 Å². The standard InChI is InChI=1S/C16H17N5O2S/c1-10-13(24-16(20-10)14-18-9-19-21-14)15(23)17-7-6-11-2-4-12(8-22)5-3-11/h2-5,9,22H,6-8H2,1H3,(H,17,23)(H,18,19,21). The number of rotatable bonds is 6. The number of hydrogen-bond donors (Lipinski definition) is 3. The van der Waals surface area contributed by atoms with Crippen LogP contribution in [0.4, 0.5) is 0 Å². The van der Waals surface area contributed by atoms with E-state index in [1.165, 1.54) is 17.7 Å². The van der Waals surface area contributed by atoms with Gasteiger partial charge in [-0.1, -0.05) is 24.3 Å². The predicted molar refractivity (Wildman–Crippen MR) is 90.6 cm³/mol. The third-order valence-corrected chi connectivity index (χ3v) is 4.69. The zero-order valence-corrected chi connectivity index (χ0v) is 13.9. The minimum atomic E-state index is -0.136. The topological polar surface area (TPSA) is 104 Å². The summed E-state index contributed by atoms with van der Waals surface area (Å²) in [5, 5.41) is 19.1. The first kappa shape index (κ1) is 16.3. The maximum Gasteiger partial charge on any atom is 0.263 e. The SMILES string of the molecule is Cc1nc(-c2ncn[nH]2)sc1C(=O)NCCc1ccc(CO)cc1. The lowest BCUT2D eigenvalue weighted by Crippen LogP contribution is -2.25. The number of aromatic nitrogens is 4. The minimum Gasteiger partial charge on any atom is -0.392 e. The number of aliphatic hydroxyl groups is 1. The molecule has 0 spiro atoms. The molecule has 0 bridgehead atoms. The molecule has 7 nitrogen and oxygen atoms in total. The van der Waals surface area contributed by atoms with Crippen molar-refractivity contribution < 1.29 is 9.90 Å². The van der Waals surface area contributed by atoms with Gasteiger partial charge in [-0.05, 0) is 24.5 Å². The number of nitrogens with one attached hydrogen (secondary N) is 2. The molecule has 3 rings (SSSR count).